The second-order valence-electron chi connectivity index (χ2n) is 14.9. The van der Waals surface area contributed by atoms with E-state index in [2.05, 4.69) is 92.9 Å². The highest BCUT2D eigenvalue weighted by Crippen LogP contribution is 2.62. The van der Waals surface area contributed by atoms with Crippen molar-refractivity contribution in [3.63, 3.8) is 0 Å². The number of fused-ring (bicyclic) bond motifs is 4. The van der Waals surface area contributed by atoms with Gasteiger partial charge in [-0.05, 0) is 132 Å². The Balaban J connectivity index is 0.000000161. The predicted octanol–water partition coefficient (Wildman–Crippen LogP) is 8.37. The number of aliphatic imine (C=N–C) groups is 1. The first kappa shape index (κ1) is 37.1. The Kier molecular flexibility index (Phi) is 11.3. The van der Waals surface area contributed by atoms with Gasteiger partial charge in [-0.2, -0.15) is 0 Å². The van der Waals surface area contributed by atoms with Crippen LogP contribution < -0.4 is 5.73 Å². The van der Waals surface area contributed by atoms with Gasteiger partial charge in [0.25, 0.3) is 0 Å². The van der Waals surface area contributed by atoms with Crippen molar-refractivity contribution < 1.29 is 19.1 Å². The first-order valence-electron chi connectivity index (χ1n) is 16.9. The van der Waals surface area contributed by atoms with E-state index in [9.17, 15) is 4.79 Å². The van der Waals surface area contributed by atoms with Crippen molar-refractivity contribution in [1.82, 2.24) is 5.06 Å². The molecule has 1 heterocycles. The van der Waals surface area contributed by atoms with Crippen LogP contribution in [0.4, 0.5) is 0 Å². The molecule has 0 radical (unpaired) electrons. The Morgan fingerprint density at radius 1 is 0.958 bits per heavy atom. The number of ketones is 1. The number of nitrogens with zero attached hydrogens (tertiary/aromatic N) is 3. The highest BCUT2D eigenvalue weighted by atomic mass is 79.9. The normalized spacial score (nSPS) is 30.2. The van der Waals surface area contributed by atoms with E-state index in [1.807, 2.05) is 19.2 Å². The zero-order valence-electron chi connectivity index (χ0n) is 29.2. The van der Waals surface area contributed by atoms with Crippen LogP contribution in [0.3, 0.4) is 0 Å². The Morgan fingerprint density at radius 2 is 1.52 bits per heavy atom. The van der Waals surface area contributed by atoms with E-state index in [-0.39, 0.29) is 10.8 Å². The average molecular weight is 803 g/mol. The van der Waals surface area contributed by atoms with E-state index >= 15 is 0 Å². The van der Waals surface area contributed by atoms with Crippen LogP contribution in [0, 0.1) is 10.8 Å². The fourth-order valence-electron chi connectivity index (χ4n) is 8.17. The number of benzene rings is 2. The predicted molar refractivity (Wildman–Crippen MR) is 202 cm³/mol. The molecule has 0 amide bonds. The molecule has 0 aromatic heterocycles. The molecule has 260 valence electrons. The Labute approximate surface area is 303 Å². The van der Waals surface area contributed by atoms with Gasteiger partial charge >= 0.3 is 0 Å². The molecule has 48 heavy (non-hydrogen) atoms. The van der Waals surface area contributed by atoms with Crippen LogP contribution in [0.1, 0.15) is 78.4 Å². The molecule has 5 aliphatic rings. The summed E-state index contributed by atoms with van der Waals surface area (Å²) in [6, 6.07) is 12.5. The van der Waals surface area contributed by atoms with Crippen molar-refractivity contribution in [2.24, 2.45) is 26.2 Å². The van der Waals surface area contributed by atoms with Crippen molar-refractivity contribution in [2.45, 2.75) is 102 Å². The fraction of sp³-hybridized carbons (Fsp3) is 0.568. The number of carbonyl (C=O) groups excluding carboxylic acids is 1. The van der Waals surface area contributed by atoms with Crippen LogP contribution >= 0.6 is 31.9 Å². The molecule has 1 aliphatic heterocycles. The van der Waals surface area contributed by atoms with E-state index in [1.165, 1.54) is 11.1 Å². The number of methoxy groups -OCH3 is 2. The first-order valence-corrected chi connectivity index (χ1v) is 21.9. The molecular formula is C37H50Br2N4O4Si. The summed E-state index contributed by atoms with van der Waals surface area (Å²) in [7, 11) is 4.19. The van der Waals surface area contributed by atoms with Gasteiger partial charge in [-0.25, -0.2) is 14.9 Å². The van der Waals surface area contributed by atoms with Gasteiger partial charge in [-0.1, -0.05) is 44.0 Å². The molecule has 2 aromatic rings. The van der Waals surface area contributed by atoms with Gasteiger partial charge in [0.15, 0.2) is 14.0 Å². The van der Waals surface area contributed by atoms with Crippen LogP contribution in [0.15, 0.2) is 61.6 Å². The van der Waals surface area contributed by atoms with Crippen molar-refractivity contribution in [1.29, 1.82) is 0 Å². The van der Waals surface area contributed by atoms with Gasteiger partial charge in [0, 0.05) is 52.2 Å². The van der Waals surface area contributed by atoms with Gasteiger partial charge in [-0.15, -0.1) is 0 Å². The maximum atomic E-state index is 12.7. The molecule has 0 bridgehead atoms. The Hall–Kier alpha value is -2.11. The lowest BCUT2D eigenvalue weighted by atomic mass is 9.66. The molecule has 0 saturated heterocycles. The first-order chi connectivity index (χ1) is 22.7. The summed E-state index contributed by atoms with van der Waals surface area (Å²) in [5, 5.41) is 1.61. The summed E-state index contributed by atoms with van der Waals surface area (Å²) in [6.45, 7) is 9.82. The second kappa shape index (κ2) is 14.6. The molecule has 2 saturated carbocycles. The maximum Gasteiger partial charge on any atom is 0.220 e. The SMILES string of the molecule is C=C=N[Si](C)(C)C.COC1CCC2(CC1)Cc1ccc(Br)cc1C21N=C(N)N(C)O1.COC1CCC2(CC1)Cc1ccc(Br)cc1C2=O. The van der Waals surface area contributed by atoms with Gasteiger partial charge in [0.1, 0.15) is 0 Å². The summed E-state index contributed by atoms with van der Waals surface area (Å²) in [5.74, 6) is 3.35. The summed E-state index contributed by atoms with van der Waals surface area (Å²) < 4.78 is 17.0. The molecule has 2 N–H and O–H groups in total. The number of hydroxylamine groups is 2. The highest BCUT2D eigenvalue weighted by Gasteiger charge is 2.63. The minimum absolute atomic E-state index is 0.0411. The summed E-state index contributed by atoms with van der Waals surface area (Å²) in [6.07, 6.45) is 10.7. The number of halogens is 2. The minimum atomic E-state index is -1.21. The summed E-state index contributed by atoms with van der Waals surface area (Å²) in [4.78, 5) is 23.8. The zero-order chi connectivity index (χ0) is 34.9. The lowest BCUT2D eigenvalue weighted by Gasteiger charge is -2.45. The van der Waals surface area contributed by atoms with Crippen LogP contribution in [-0.2, 0) is 32.9 Å². The van der Waals surface area contributed by atoms with E-state index < -0.39 is 14.0 Å². The molecule has 8 nitrogen and oxygen atoms in total. The molecule has 1 unspecified atom stereocenters. The number of rotatable bonds is 3. The monoisotopic (exact) mass is 800 g/mol. The Bertz CT molecular complexity index is 1590. The zero-order valence-corrected chi connectivity index (χ0v) is 33.4. The molecule has 4 aliphatic carbocycles. The van der Waals surface area contributed by atoms with Crippen LogP contribution in [0.5, 0.6) is 0 Å². The van der Waals surface area contributed by atoms with Crippen molar-refractivity contribution in [2.75, 3.05) is 21.3 Å². The van der Waals surface area contributed by atoms with E-state index in [0.29, 0.717) is 24.0 Å². The summed E-state index contributed by atoms with van der Waals surface area (Å²) in [5.41, 5.74) is 9.84. The third-order valence-corrected chi connectivity index (χ3v) is 12.6. The average Bonchev–Trinajstić information content (AvgIpc) is 3.60. The number of carbonyl (C=O) groups is 1. The highest BCUT2D eigenvalue weighted by molar-refractivity contribution is 9.10. The van der Waals surface area contributed by atoms with Crippen LogP contribution in [-0.4, -0.2) is 64.4 Å². The van der Waals surface area contributed by atoms with E-state index in [4.69, 9.17) is 25.0 Å². The quantitative estimate of drug-likeness (QED) is 0.248. The number of ether oxygens (including phenoxy) is 2. The second-order valence-corrected chi connectivity index (χ2v) is 21.3. The fourth-order valence-corrected chi connectivity index (χ4v) is 9.37. The molecule has 7 rings (SSSR count). The minimum Gasteiger partial charge on any atom is -0.381 e. The smallest absolute Gasteiger partial charge is 0.220 e. The molecule has 11 heteroatoms. The van der Waals surface area contributed by atoms with Crippen molar-refractivity contribution >= 4 is 57.7 Å². The van der Waals surface area contributed by atoms with Crippen LogP contribution in [0.2, 0.25) is 19.6 Å². The molecule has 2 aromatic carbocycles. The molecule has 3 spiro atoms. The summed E-state index contributed by atoms with van der Waals surface area (Å²) >= 11 is 7.04. The Morgan fingerprint density at radius 3 is 2.02 bits per heavy atom. The number of guanidine groups is 1. The number of hydrogen-bond donors (Lipinski definition) is 1. The largest absolute Gasteiger partial charge is 0.381 e. The maximum absolute atomic E-state index is 12.7. The van der Waals surface area contributed by atoms with Crippen molar-refractivity contribution in [3.05, 3.63) is 74.2 Å². The van der Waals surface area contributed by atoms with Gasteiger partial charge in [0.2, 0.25) is 11.7 Å². The third-order valence-electron chi connectivity index (χ3n) is 10.7. The van der Waals surface area contributed by atoms with Gasteiger partial charge in [0.05, 0.1) is 12.2 Å². The number of nitrogens with two attached hydrogens (primary N) is 1. The number of hydrogen-bond acceptors (Lipinski definition) is 8. The lowest BCUT2D eigenvalue weighted by Crippen LogP contribution is -2.46. The molecular weight excluding hydrogens is 752 g/mol. The third kappa shape index (κ3) is 7.34. The van der Waals surface area contributed by atoms with E-state index in [1.54, 1.807) is 19.3 Å². The lowest BCUT2D eigenvalue weighted by molar-refractivity contribution is -0.232. The van der Waals surface area contributed by atoms with Gasteiger partial charge in [-0.3, -0.25) is 9.45 Å². The van der Waals surface area contributed by atoms with Gasteiger partial charge < -0.3 is 15.2 Å². The van der Waals surface area contributed by atoms with Crippen molar-refractivity contribution in [3.8, 4) is 0 Å². The topological polar surface area (TPSA) is 98.7 Å². The van der Waals surface area contributed by atoms with Crippen LogP contribution in [0.25, 0.3) is 0 Å². The van der Waals surface area contributed by atoms with E-state index in [0.717, 1.165) is 84.3 Å². The number of Topliss-reactive ketones (excluding diaryl/α,β-unsaturated/α-hetero) is 1. The molecule has 2 fully saturated rings. The molecule has 1 atom stereocenters. The standard InChI is InChI=1S/C17H22BrN3O2.C15H17BrO2.C5H11NSi/c1-21-15(19)20-17(23-21)14-9-12(18)4-3-11(14)10-16(17)7-5-13(22-2)6-8-16;1-18-12-4-6-15(7-5-12)9-10-2-3-11(16)8-13(10)14(15)17;1-5-6-7(2,3)4/h3-4,9,13H,5-8,10H2,1-2H3,(H2,19,20);2-3,8,12H,4-7,9H2,1H3;1H2,2-4H3.